The smallest absolute Gasteiger partial charge is 0.298 e. The van der Waals surface area contributed by atoms with Gasteiger partial charge >= 0.3 is 0 Å². The fourth-order valence-electron chi connectivity index (χ4n) is 2.38. The number of oxazole rings is 1. The summed E-state index contributed by atoms with van der Waals surface area (Å²) in [5, 5.41) is 0. The zero-order valence-electron chi connectivity index (χ0n) is 10.7. The van der Waals surface area contributed by atoms with Gasteiger partial charge < -0.3 is 9.32 Å². The first-order valence-electron chi connectivity index (χ1n) is 6.54. The first-order valence-corrected chi connectivity index (χ1v) is 6.54. The maximum Gasteiger partial charge on any atom is 0.298 e. The maximum atomic E-state index is 5.74. The summed E-state index contributed by atoms with van der Waals surface area (Å²) in [6.45, 7) is 7.56. The molecule has 3 rings (SSSR count). The van der Waals surface area contributed by atoms with Gasteiger partial charge in [-0.1, -0.05) is 6.92 Å². The minimum absolute atomic E-state index is 0.731. The summed E-state index contributed by atoms with van der Waals surface area (Å²) in [6, 6.07) is 2.62. The van der Waals surface area contributed by atoms with Crippen LogP contribution in [0.3, 0.4) is 0 Å². The summed E-state index contributed by atoms with van der Waals surface area (Å²) in [5.41, 5.74) is 1.65. The van der Waals surface area contributed by atoms with Crippen molar-refractivity contribution in [2.45, 2.75) is 13.3 Å². The Morgan fingerprint density at radius 1 is 1.28 bits per heavy atom. The molecule has 1 aliphatic rings. The molecule has 0 aromatic carbocycles. The third-order valence-corrected chi connectivity index (χ3v) is 3.36. The average Bonchev–Trinajstić information content (AvgIpc) is 2.84. The van der Waals surface area contributed by atoms with E-state index in [1.165, 1.54) is 13.0 Å². The first kappa shape index (κ1) is 11.5. The number of hydrogen-bond donors (Lipinski definition) is 0. The van der Waals surface area contributed by atoms with Crippen LogP contribution in [0, 0.1) is 0 Å². The van der Waals surface area contributed by atoms with Gasteiger partial charge in [0, 0.05) is 32.4 Å². The Morgan fingerprint density at radius 3 is 2.83 bits per heavy atom. The molecular weight excluding hydrogens is 228 g/mol. The molecule has 0 bridgehead atoms. The van der Waals surface area contributed by atoms with Crippen molar-refractivity contribution in [2.24, 2.45) is 0 Å². The van der Waals surface area contributed by atoms with Gasteiger partial charge in [0.1, 0.15) is 5.52 Å². The van der Waals surface area contributed by atoms with E-state index in [-0.39, 0.29) is 0 Å². The van der Waals surface area contributed by atoms with E-state index >= 15 is 0 Å². The molecule has 1 fully saturated rings. The average molecular weight is 246 g/mol. The van der Waals surface area contributed by atoms with Crippen LogP contribution in [0.1, 0.15) is 13.3 Å². The summed E-state index contributed by atoms with van der Waals surface area (Å²) in [7, 11) is 0. The lowest BCUT2D eigenvalue weighted by Crippen LogP contribution is -2.46. The van der Waals surface area contributed by atoms with Gasteiger partial charge in [-0.05, 0) is 19.0 Å². The molecule has 0 spiro atoms. The second-order valence-electron chi connectivity index (χ2n) is 4.67. The summed E-state index contributed by atoms with van der Waals surface area (Å²) >= 11 is 0. The Morgan fingerprint density at radius 2 is 2.11 bits per heavy atom. The van der Waals surface area contributed by atoms with Gasteiger partial charge in [-0.25, -0.2) is 0 Å². The molecule has 2 aromatic rings. The molecule has 5 heteroatoms. The number of aromatic nitrogens is 2. The lowest BCUT2D eigenvalue weighted by molar-refractivity contribution is 0.254. The van der Waals surface area contributed by atoms with Crippen LogP contribution in [0.4, 0.5) is 6.01 Å². The molecule has 5 nitrogen and oxygen atoms in total. The number of nitrogens with zero attached hydrogens (tertiary/aromatic N) is 4. The van der Waals surface area contributed by atoms with Gasteiger partial charge in [0.25, 0.3) is 6.01 Å². The van der Waals surface area contributed by atoms with Crippen molar-refractivity contribution in [3.05, 3.63) is 18.5 Å². The molecule has 1 aliphatic heterocycles. The van der Waals surface area contributed by atoms with Crippen molar-refractivity contribution in [1.82, 2.24) is 14.9 Å². The highest BCUT2D eigenvalue weighted by Crippen LogP contribution is 2.21. The first-order chi connectivity index (χ1) is 8.86. The van der Waals surface area contributed by atoms with Gasteiger partial charge in [-0.15, -0.1) is 0 Å². The van der Waals surface area contributed by atoms with Crippen LogP contribution in [0.25, 0.3) is 11.1 Å². The maximum absolute atomic E-state index is 5.74. The molecule has 96 valence electrons. The number of anilines is 1. The SMILES string of the molecule is CCCN1CCN(c2nc3ccncc3o2)CC1. The molecular formula is C13H18N4O. The largest absolute Gasteiger partial charge is 0.422 e. The third-order valence-electron chi connectivity index (χ3n) is 3.36. The fourth-order valence-corrected chi connectivity index (χ4v) is 2.38. The Balaban J connectivity index is 1.72. The molecule has 1 saturated heterocycles. The van der Waals surface area contributed by atoms with Gasteiger partial charge in [-0.3, -0.25) is 9.88 Å². The molecule has 0 aliphatic carbocycles. The van der Waals surface area contributed by atoms with Crippen LogP contribution >= 0.6 is 0 Å². The Bertz CT molecular complexity index is 483. The van der Waals surface area contributed by atoms with E-state index in [2.05, 4.69) is 26.7 Å². The van der Waals surface area contributed by atoms with E-state index in [4.69, 9.17) is 4.42 Å². The predicted molar refractivity (Wildman–Crippen MR) is 70.7 cm³/mol. The van der Waals surface area contributed by atoms with Crippen LogP contribution in [0.15, 0.2) is 22.9 Å². The standard InChI is InChI=1S/C13H18N4O/c1-2-5-16-6-8-17(9-7-16)13-15-11-3-4-14-10-12(11)18-13/h3-4,10H,2,5-9H2,1H3. The van der Waals surface area contributed by atoms with Crippen LogP contribution in [-0.4, -0.2) is 47.6 Å². The highest BCUT2D eigenvalue weighted by molar-refractivity contribution is 5.73. The van der Waals surface area contributed by atoms with E-state index in [1.807, 2.05) is 6.07 Å². The van der Waals surface area contributed by atoms with Crippen molar-refractivity contribution < 1.29 is 4.42 Å². The third kappa shape index (κ3) is 2.18. The highest BCUT2D eigenvalue weighted by atomic mass is 16.4. The van der Waals surface area contributed by atoms with Crippen molar-refractivity contribution >= 4 is 17.1 Å². The summed E-state index contributed by atoms with van der Waals surface area (Å²) in [5.74, 6) is 0. The quantitative estimate of drug-likeness (QED) is 0.825. The zero-order valence-corrected chi connectivity index (χ0v) is 10.7. The van der Waals surface area contributed by atoms with Crippen molar-refractivity contribution in [1.29, 1.82) is 0 Å². The minimum Gasteiger partial charge on any atom is -0.422 e. The van der Waals surface area contributed by atoms with Gasteiger partial charge in [0.15, 0.2) is 5.58 Å². The number of piperazine rings is 1. The minimum atomic E-state index is 0.731. The van der Waals surface area contributed by atoms with E-state index < -0.39 is 0 Å². The van der Waals surface area contributed by atoms with Gasteiger partial charge in [0.2, 0.25) is 0 Å². The second kappa shape index (κ2) is 4.94. The molecule has 0 unspecified atom stereocenters. The summed E-state index contributed by atoms with van der Waals surface area (Å²) < 4.78 is 5.74. The number of fused-ring (bicyclic) bond motifs is 1. The normalized spacial score (nSPS) is 17.5. The van der Waals surface area contributed by atoms with Gasteiger partial charge in [-0.2, -0.15) is 4.98 Å². The Kier molecular flexibility index (Phi) is 3.15. The van der Waals surface area contributed by atoms with E-state index in [0.29, 0.717) is 0 Å². The van der Waals surface area contributed by atoms with E-state index in [0.717, 1.165) is 43.3 Å². The molecule has 0 atom stereocenters. The lowest BCUT2D eigenvalue weighted by Gasteiger charge is -2.33. The predicted octanol–water partition coefficient (Wildman–Crippen LogP) is 1.75. The monoisotopic (exact) mass is 246 g/mol. The molecule has 0 radical (unpaired) electrons. The summed E-state index contributed by atoms with van der Waals surface area (Å²) in [6.07, 6.45) is 4.68. The van der Waals surface area contributed by atoms with Crippen molar-refractivity contribution in [3.8, 4) is 0 Å². The fraction of sp³-hybridized carbons (Fsp3) is 0.538. The van der Waals surface area contributed by atoms with E-state index in [1.54, 1.807) is 12.4 Å². The van der Waals surface area contributed by atoms with Crippen LogP contribution < -0.4 is 4.90 Å². The van der Waals surface area contributed by atoms with Crippen LogP contribution in [-0.2, 0) is 0 Å². The Labute approximate surface area is 106 Å². The zero-order chi connectivity index (χ0) is 12.4. The second-order valence-corrected chi connectivity index (χ2v) is 4.67. The van der Waals surface area contributed by atoms with Crippen molar-refractivity contribution in [3.63, 3.8) is 0 Å². The topological polar surface area (TPSA) is 45.4 Å². The summed E-state index contributed by atoms with van der Waals surface area (Å²) in [4.78, 5) is 13.3. The molecule has 18 heavy (non-hydrogen) atoms. The number of pyridine rings is 1. The molecule has 0 amide bonds. The number of hydrogen-bond acceptors (Lipinski definition) is 5. The molecule has 0 saturated carbocycles. The highest BCUT2D eigenvalue weighted by Gasteiger charge is 2.20. The molecule has 0 N–H and O–H groups in total. The Hall–Kier alpha value is -1.62. The number of rotatable bonds is 3. The van der Waals surface area contributed by atoms with Crippen molar-refractivity contribution in [2.75, 3.05) is 37.6 Å². The van der Waals surface area contributed by atoms with Crippen LogP contribution in [0.2, 0.25) is 0 Å². The van der Waals surface area contributed by atoms with E-state index in [9.17, 15) is 0 Å². The lowest BCUT2D eigenvalue weighted by atomic mass is 10.3. The molecule has 3 heterocycles. The van der Waals surface area contributed by atoms with Crippen LogP contribution in [0.5, 0.6) is 0 Å². The van der Waals surface area contributed by atoms with Gasteiger partial charge in [0.05, 0.1) is 6.20 Å². The molecule has 2 aromatic heterocycles.